The van der Waals surface area contributed by atoms with Crippen LogP contribution in [-0.2, 0) is 6.54 Å². The summed E-state index contributed by atoms with van der Waals surface area (Å²) >= 11 is 5.94. The number of halogens is 1. The minimum Gasteiger partial charge on any atom is -0.268 e. The quantitative estimate of drug-likeness (QED) is 0.627. The maximum absolute atomic E-state index is 11.5. The summed E-state index contributed by atoms with van der Waals surface area (Å²) in [5, 5.41) is 14.9. The van der Waals surface area contributed by atoms with E-state index in [0.29, 0.717) is 10.6 Å². The summed E-state index contributed by atoms with van der Waals surface area (Å²) in [6.07, 6.45) is 1.46. The van der Waals surface area contributed by atoms with Crippen LogP contribution in [0.2, 0.25) is 5.02 Å². The molecule has 0 fully saturated rings. The number of rotatable bonds is 3. The van der Waals surface area contributed by atoms with Crippen molar-refractivity contribution in [2.45, 2.75) is 6.54 Å². The molecule has 1 aromatic carbocycles. The van der Waals surface area contributed by atoms with Gasteiger partial charge < -0.3 is 0 Å². The van der Waals surface area contributed by atoms with E-state index in [1.54, 1.807) is 0 Å². The average Bonchev–Trinajstić information content (AvgIpc) is 2.34. The molecule has 0 saturated carbocycles. The Morgan fingerprint density at radius 3 is 2.83 bits per heavy atom. The van der Waals surface area contributed by atoms with Gasteiger partial charge in [0.25, 0.3) is 11.2 Å². The van der Waals surface area contributed by atoms with Gasteiger partial charge in [-0.25, -0.2) is 4.68 Å². The topological polar surface area (TPSA) is 78.0 Å². The predicted molar refractivity (Wildman–Crippen MR) is 65.7 cm³/mol. The van der Waals surface area contributed by atoms with Crippen molar-refractivity contribution in [3.63, 3.8) is 0 Å². The Kier molecular flexibility index (Phi) is 3.38. The van der Waals surface area contributed by atoms with E-state index >= 15 is 0 Å². The Bertz CT molecular complexity index is 654. The van der Waals surface area contributed by atoms with E-state index in [9.17, 15) is 14.9 Å². The Morgan fingerprint density at radius 2 is 2.17 bits per heavy atom. The predicted octanol–water partition coefficient (Wildman–Crippen LogP) is 1.85. The smallest absolute Gasteiger partial charge is 0.268 e. The van der Waals surface area contributed by atoms with E-state index in [2.05, 4.69) is 5.10 Å². The molecule has 0 atom stereocenters. The molecule has 18 heavy (non-hydrogen) atoms. The number of hydrogen-bond donors (Lipinski definition) is 0. The molecule has 0 bridgehead atoms. The molecule has 0 unspecified atom stereocenters. The summed E-state index contributed by atoms with van der Waals surface area (Å²) in [6.45, 7) is 0.0974. The number of benzene rings is 1. The largest absolute Gasteiger partial charge is 0.269 e. The van der Waals surface area contributed by atoms with Crippen LogP contribution in [0.25, 0.3) is 0 Å². The Labute approximate surface area is 107 Å². The number of aromatic nitrogens is 2. The zero-order chi connectivity index (χ0) is 13.1. The van der Waals surface area contributed by atoms with Gasteiger partial charge in [-0.2, -0.15) is 5.10 Å². The molecule has 0 aliphatic rings. The standard InChI is InChI=1S/C11H8ClN3O3/c12-10-4-3-9(15(17)18)6-8(10)7-14-11(16)2-1-5-13-14/h1-6H,7H2. The van der Waals surface area contributed by atoms with Crippen molar-refractivity contribution >= 4 is 17.3 Å². The summed E-state index contributed by atoms with van der Waals surface area (Å²) in [6, 6.07) is 6.96. The SMILES string of the molecule is O=c1cccnn1Cc1cc([N+](=O)[O-])ccc1Cl. The van der Waals surface area contributed by atoms with Crippen molar-refractivity contribution in [3.05, 3.63) is 67.6 Å². The number of nitro groups is 1. The van der Waals surface area contributed by atoms with E-state index in [-0.39, 0.29) is 17.8 Å². The van der Waals surface area contributed by atoms with Crippen molar-refractivity contribution in [2.75, 3.05) is 0 Å². The zero-order valence-electron chi connectivity index (χ0n) is 9.12. The maximum atomic E-state index is 11.5. The Hall–Kier alpha value is -2.21. The van der Waals surface area contributed by atoms with Crippen molar-refractivity contribution in [2.24, 2.45) is 0 Å². The molecule has 2 rings (SSSR count). The molecule has 2 aromatic rings. The van der Waals surface area contributed by atoms with Crippen LogP contribution in [-0.4, -0.2) is 14.7 Å². The number of hydrogen-bond acceptors (Lipinski definition) is 4. The van der Waals surface area contributed by atoms with E-state index in [0.717, 1.165) is 0 Å². The van der Waals surface area contributed by atoms with Gasteiger partial charge in [0.15, 0.2) is 0 Å². The molecule has 0 aliphatic heterocycles. The van der Waals surface area contributed by atoms with Gasteiger partial charge >= 0.3 is 0 Å². The lowest BCUT2D eigenvalue weighted by Gasteiger charge is -2.05. The molecule has 0 spiro atoms. The highest BCUT2D eigenvalue weighted by molar-refractivity contribution is 6.31. The molecule has 0 N–H and O–H groups in total. The van der Waals surface area contributed by atoms with Gasteiger partial charge in [-0.1, -0.05) is 11.6 Å². The van der Waals surface area contributed by atoms with Gasteiger partial charge in [0, 0.05) is 29.4 Å². The van der Waals surface area contributed by atoms with Crippen LogP contribution in [0.1, 0.15) is 5.56 Å². The van der Waals surface area contributed by atoms with Crippen LogP contribution in [0, 0.1) is 10.1 Å². The van der Waals surface area contributed by atoms with Crippen molar-refractivity contribution in [1.29, 1.82) is 0 Å². The van der Waals surface area contributed by atoms with Gasteiger partial charge in [0.2, 0.25) is 0 Å². The number of nitro benzene ring substituents is 1. The minimum absolute atomic E-state index is 0.0709. The highest BCUT2D eigenvalue weighted by Crippen LogP contribution is 2.22. The van der Waals surface area contributed by atoms with Crippen LogP contribution in [0.15, 0.2) is 41.3 Å². The molecule has 92 valence electrons. The molecule has 7 heteroatoms. The summed E-state index contributed by atoms with van der Waals surface area (Å²) in [7, 11) is 0. The molecule has 1 heterocycles. The zero-order valence-corrected chi connectivity index (χ0v) is 9.87. The van der Waals surface area contributed by atoms with Crippen LogP contribution >= 0.6 is 11.6 Å². The number of non-ortho nitro benzene ring substituents is 1. The average molecular weight is 266 g/mol. The third-order valence-electron chi connectivity index (χ3n) is 2.35. The second-order valence-electron chi connectivity index (χ2n) is 3.55. The fourth-order valence-electron chi connectivity index (χ4n) is 1.46. The van der Waals surface area contributed by atoms with Crippen molar-refractivity contribution < 1.29 is 4.92 Å². The number of nitrogens with zero attached hydrogens (tertiary/aromatic N) is 3. The summed E-state index contributed by atoms with van der Waals surface area (Å²) in [5.41, 5.74) is 0.116. The molecule has 0 aliphatic carbocycles. The summed E-state index contributed by atoms with van der Waals surface area (Å²) in [5.74, 6) is 0. The lowest BCUT2D eigenvalue weighted by atomic mass is 10.2. The van der Waals surface area contributed by atoms with Crippen LogP contribution in [0.4, 0.5) is 5.69 Å². The van der Waals surface area contributed by atoms with Gasteiger partial charge in [-0.05, 0) is 17.7 Å². The van der Waals surface area contributed by atoms with Crippen molar-refractivity contribution in [3.8, 4) is 0 Å². The second-order valence-corrected chi connectivity index (χ2v) is 3.96. The second kappa shape index (κ2) is 4.97. The van der Waals surface area contributed by atoms with E-state index in [4.69, 9.17) is 11.6 Å². The third kappa shape index (κ3) is 2.54. The summed E-state index contributed by atoms with van der Waals surface area (Å²) in [4.78, 5) is 21.6. The third-order valence-corrected chi connectivity index (χ3v) is 2.71. The van der Waals surface area contributed by atoms with Crippen LogP contribution in [0.5, 0.6) is 0 Å². The summed E-state index contributed by atoms with van der Waals surface area (Å²) < 4.78 is 1.19. The van der Waals surface area contributed by atoms with E-state index in [1.165, 1.54) is 41.2 Å². The first-order valence-electron chi connectivity index (χ1n) is 5.03. The molecule has 1 aromatic heterocycles. The Morgan fingerprint density at radius 1 is 1.39 bits per heavy atom. The van der Waals surface area contributed by atoms with Gasteiger partial charge in [-0.15, -0.1) is 0 Å². The fourth-order valence-corrected chi connectivity index (χ4v) is 1.64. The first-order chi connectivity index (χ1) is 8.58. The normalized spacial score (nSPS) is 10.3. The van der Waals surface area contributed by atoms with E-state index < -0.39 is 4.92 Å². The molecular weight excluding hydrogens is 258 g/mol. The first kappa shape index (κ1) is 12.3. The van der Waals surface area contributed by atoms with Gasteiger partial charge in [0.1, 0.15) is 0 Å². The van der Waals surface area contributed by atoms with Gasteiger partial charge in [-0.3, -0.25) is 14.9 Å². The molecular formula is C11H8ClN3O3. The minimum atomic E-state index is -0.513. The van der Waals surface area contributed by atoms with Crippen LogP contribution in [0.3, 0.4) is 0 Å². The highest BCUT2D eigenvalue weighted by Gasteiger charge is 2.10. The van der Waals surface area contributed by atoms with Crippen LogP contribution < -0.4 is 5.56 Å². The highest BCUT2D eigenvalue weighted by atomic mass is 35.5. The lowest BCUT2D eigenvalue weighted by molar-refractivity contribution is -0.384. The molecule has 0 radical (unpaired) electrons. The molecule has 6 nitrogen and oxygen atoms in total. The maximum Gasteiger partial charge on any atom is 0.269 e. The first-order valence-corrected chi connectivity index (χ1v) is 5.40. The van der Waals surface area contributed by atoms with Crippen molar-refractivity contribution in [1.82, 2.24) is 9.78 Å². The Balaban J connectivity index is 2.40. The lowest BCUT2D eigenvalue weighted by Crippen LogP contribution is -2.21. The molecule has 0 amide bonds. The monoisotopic (exact) mass is 265 g/mol. The van der Waals surface area contributed by atoms with E-state index in [1.807, 2.05) is 0 Å². The fraction of sp³-hybridized carbons (Fsp3) is 0.0909. The van der Waals surface area contributed by atoms with Gasteiger partial charge in [0.05, 0.1) is 11.5 Å². The molecule has 0 saturated heterocycles.